The Labute approximate surface area is 186 Å². The molecule has 2 saturated heterocycles. The van der Waals surface area contributed by atoms with Crippen molar-refractivity contribution >= 4 is 11.8 Å². The quantitative estimate of drug-likeness (QED) is 0.677. The van der Waals surface area contributed by atoms with Gasteiger partial charge in [0.2, 0.25) is 0 Å². The molecule has 32 heavy (non-hydrogen) atoms. The number of aryl methyl sites for hydroxylation is 1. The molecule has 0 bridgehead atoms. The number of nitrogens with zero attached hydrogens (tertiary/aromatic N) is 6. The Bertz CT molecular complexity index is 1020. The fourth-order valence-corrected chi connectivity index (χ4v) is 4.83. The molecule has 5 heterocycles. The number of morpholine rings is 1. The molecular formula is C22H28N6O4. The minimum atomic E-state index is -0.679. The van der Waals surface area contributed by atoms with Crippen LogP contribution in [0.1, 0.15) is 40.4 Å². The monoisotopic (exact) mass is 440 g/mol. The molecule has 3 aliphatic heterocycles. The van der Waals surface area contributed by atoms with E-state index in [0.717, 1.165) is 17.1 Å². The molecule has 1 spiro atoms. The summed E-state index contributed by atoms with van der Waals surface area (Å²) in [6.45, 7) is 7.49. The van der Waals surface area contributed by atoms with Crippen molar-refractivity contribution in [2.45, 2.75) is 44.9 Å². The van der Waals surface area contributed by atoms with Gasteiger partial charge in [-0.25, -0.2) is 15.0 Å². The minimum Gasteiger partial charge on any atom is -0.378 e. The maximum atomic E-state index is 13.2. The third-order valence-electron chi connectivity index (χ3n) is 6.85. The molecular weight excluding hydrogens is 412 g/mol. The van der Waals surface area contributed by atoms with Gasteiger partial charge in [-0.15, -0.1) is 0 Å². The lowest BCUT2D eigenvalue weighted by molar-refractivity contribution is -0.182. The summed E-state index contributed by atoms with van der Waals surface area (Å²) in [6.07, 6.45) is 5.68. The fourth-order valence-electron chi connectivity index (χ4n) is 4.83. The average molecular weight is 441 g/mol. The normalized spacial score (nSPS) is 22.6. The van der Waals surface area contributed by atoms with Gasteiger partial charge in [-0.2, -0.15) is 0 Å². The summed E-state index contributed by atoms with van der Waals surface area (Å²) in [5.74, 6) is 0.741. The third kappa shape index (κ3) is 3.57. The first-order valence-corrected chi connectivity index (χ1v) is 11.1. The van der Waals surface area contributed by atoms with Crippen molar-refractivity contribution in [1.29, 1.82) is 0 Å². The van der Waals surface area contributed by atoms with E-state index in [1.807, 2.05) is 34.4 Å². The first-order chi connectivity index (χ1) is 15.5. The Kier molecular flexibility index (Phi) is 5.42. The van der Waals surface area contributed by atoms with Gasteiger partial charge in [-0.05, 0) is 13.8 Å². The Morgan fingerprint density at radius 1 is 1.03 bits per heavy atom. The maximum absolute atomic E-state index is 13.2. The molecule has 2 aromatic rings. The zero-order chi connectivity index (χ0) is 22.3. The number of carbonyl (C=O) groups is 2. The second-order valence-electron chi connectivity index (χ2n) is 8.67. The van der Waals surface area contributed by atoms with Crippen LogP contribution >= 0.6 is 0 Å². The van der Waals surface area contributed by atoms with Crippen LogP contribution in [0.25, 0.3) is 0 Å². The van der Waals surface area contributed by atoms with Crippen LogP contribution in [0.5, 0.6) is 0 Å². The summed E-state index contributed by atoms with van der Waals surface area (Å²) in [5.41, 5.74) is 1.37. The largest absolute Gasteiger partial charge is 0.378 e. The molecule has 0 radical (unpaired) electrons. The van der Waals surface area contributed by atoms with Crippen molar-refractivity contribution in [3.05, 3.63) is 41.5 Å². The molecule has 1 unspecified atom stereocenters. The zero-order valence-corrected chi connectivity index (χ0v) is 18.5. The van der Waals surface area contributed by atoms with E-state index in [-0.39, 0.29) is 11.8 Å². The lowest BCUT2D eigenvalue weighted by atomic mass is 9.88. The van der Waals surface area contributed by atoms with Gasteiger partial charge in [0.25, 0.3) is 11.8 Å². The Morgan fingerprint density at radius 3 is 2.53 bits per heavy atom. The SMILES string of the molecule is Cc1ncnc(C(=O)N2CCC3(CC2)OC(C(=O)N2CCOCC2)Cn2ccnc23)c1C. The molecule has 0 aromatic carbocycles. The van der Waals surface area contributed by atoms with Crippen molar-refractivity contribution in [1.82, 2.24) is 29.3 Å². The van der Waals surface area contributed by atoms with Crippen LogP contribution < -0.4 is 0 Å². The lowest BCUT2D eigenvalue weighted by Crippen LogP contribution is -2.56. The smallest absolute Gasteiger partial charge is 0.272 e. The van der Waals surface area contributed by atoms with Gasteiger partial charge >= 0.3 is 0 Å². The average Bonchev–Trinajstić information content (AvgIpc) is 3.31. The van der Waals surface area contributed by atoms with E-state index in [1.165, 1.54) is 6.33 Å². The number of imidazole rings is 1. The molecule has 3 aliphatic rings. The zero-order valence-electron chi connectivity index (χ0n) is 18.5. The molecule has 10 nitrogen and oxygen atoms in total. The number of hydrogen-bond donors (Lipinski definition) is 0. The highest BCUT2D eigenvalue weighted by molar-refractivity contribution is 5.93. The lowest BCUT2D eigenvalue weighted by Gasteiger charge is -2.46. The maximum Gasteiger partial charge on any atom is 0.272 e. The second kappa shape index (κ2) is 8.25. The van der Waals surface area contributed by atoms with E-state index >= 15 is 0 Å². The molecule has 10 heteroatoms. The molecule has 2 amide bonds. The Balaban J connectivity index is 1.34. The van der Waals surface area contributed by atoms with Crippen LogP contribution in [0.4, 0.5) is 0 Å². The minimum absolute atomic E-state index is 0.00221. The third-order valence-corrected chi connectivity index (χ3v) is 6.85. The summed E-state index contributed by atoms with van der Waals surface area (Å²) in [5, 5.41) is 0. The standard InChI is InChI=1S/C22H28N6O4/c1-15-16(2)24-14-25-18(15)20(30)26-6-3-22(4-7-26)21-23-5-8-28(21)13-17(32-22)19(29)27-9-11-31-12-10-27/h5,8,14,17H,3-4,6-7,9-13H2,1-2H3. The summed E-state index contributed by atoms with van der Waals surface area (Å²) in [6, 6.07) is 0. The predicted molar refractivity (Wildman–Crippen MR) is 113 cm³/mol. The van der Waals surface area contributed by atoms with Crippen LogP contribution in [0.3, 0.4) is 0 Å². The molecule has 0 N–H and O–H groups in total. The second-order valence-corrected chi connectivity index (χ2v) is 8.67. The van der Waals surface area contributed by atoms with Crippen LogP contribution in [0, 0.1) is 13.8 Å². The van der Waals surface area contributed by atoms with Crippen LogP contribution in [0.2, 0.25) is 0 Å². The topological polar surface area (TPSA) is 103 Å². The predicted octanol–water partition coefficient (Wildman–Crippen LogP) is 0.679. The molecule has 5 rings (SSSR count). The summed E-state index contributed by atoms with van der Waals surface area (Å²) in [7, 11) is 0. The highest BCUT2D eigenvalue weighted by Crippen LogP contribution is 2.40. The van der Waals surface area contributed by atoms with Crippen LogP contribution in [-0.4, -0.2) is 86.6 Å². The summed E-state index contributed by atoms with van der Waals surface area (Å²) >= 11 is 0. The number of fused-ring (bicyclic) bond motifs is 2. The van der Waals surface area contributed by atoms with Gasteiger partial charge in [0.1, 0.15) is 23.4 Å². The van der Waals surface area contributed by atoms with E-state index in [0.29, 0.717) is 64.5 Å². The first kappa shape index (κ1) is 21.0. The number of aromatic nitrogens is 4. The number of piperidine rings is 1. The molecule has 0 aliphatic carbocycles. The molecule has 1 atom stereocenters. The van der Waals surface area contributed by atoms with Gasteiger partial charge in [0.15, 0.2) is 6.10 Å². The molecule has 170 valence electrons. The van der Waals surface area contributed by atoms with Gasteiger partial charge in [0, 0.05) is 62.7 Å². The highest BCUT2D eigenvalue weighted by atomic mass is 16.5. The van der Waals surface area contributed by atoms with Crippen molar-refractivity contribution < 1.29 is 19.1 Å². The Hall–Kier alpha value is -2.85. The highest BCUT2D eigenvalue weighted by Gasteiger charge is 2.48. The van der Waals surface area contributed by atoms with Crippen molar-refractivity contribution in [2.75, 3.05) is 39.4 Å². The van der Waals surface area contributed by atoms with E-state index in [1.54, 1.807) is 6.20 Å². The number of likely N-dealkylation sites (tertiary alicyclic amines) is 1. The van der Waals surface area contributed by atoms with Crippen LogP contribution in [-0.2, 0) is 26.4 Å². The summed E-state index contributed by atoms with van der Waals surface area (Å²) in [4.78, 5) is 42.9. The van der Waals surface area contributed by atoms with E-state index < -0.39 is 11.7 Å². The van der Waals surface area contributed by atoms with Gasteiger partial charge < -0.3 is 23.8 Å². The number of rotatable bonds is 2. The van der Waals surface area contributed by atoms with Crippen molar-refractivity contribution in [3.8, 4) is 0 Å². The molecule has 2 fully saturated rings. The Morgan fingerprint density at radius 2 is 1.78 bits per heavy atom. The van der Waals surface area contributed by atoms with Crippen molar-refractivity contribution in [2.24, 2.45) is 0 Å². The van der Waals surface area contributed by atoms with Crippen molar-refractivity contribution in [3.63, 3.8) is 0 Å². The van der Waals surface area contributed by atoms with Gasteiger partial charge in [-0.1, -0.05) is 0 Å². The van der Waals surface area contributed by atoms with Crippen LogP contribution in [0.15, 0.2) is 18.7 Å². The number of carbonyl (C=O) groups excluding carboxylic acids is 2. The summed E-state index contributed by atoms with van der Waals surface area (Å²) < 4.78 is 13.9. The number of hydrogen-bond acceptors (Lipinski definition) is 7. The first-order valence-electron chi connectivity index (χ1n) is 11.1. The van der Waals surface area contributed by atoms with Gasteiger partial charge in [0.05, 0.1) is 19.8 Å². The van der Waals surface area contributed by atoms with E-state index in [4.69, 9.17) is 9.47 Å². The number of ether oxygens (including phenoxy) is 2. The van der Waals surface area contributed by atoms with Gasteiger partial charge in [-0.3, -0.25) is 9.59 Å². The molecule has 2 aromatic heterocycles. The molecule has 0 saturated carbocycles. The van der Waals surface area contributed by atoms with E-state index in [2.05, 4.69) is 15.0 Å². The fraction of sp³-hybridized carbons (Fsp3) is 0.591. The number of amides is 2. The van der Waals surface area contributed by atoms with E-state index in [9.17, 15) is 9.59 Å².